The van der Waals surface area contributed by atoms with Gasteiger partial charge in [0.05, 0.1) is 6.54 Å². The Hall–Kier alpha value is -1.97. The van der Waals surface area contributed by atoms with Crippen molar-refractivity contribution < 1.29 is 12.8 Å². The summed E-state index contributed by atoms with van der Waals surface area (Å²) in [5.41, 5.74) is 2.01. The maximum Gasteiger partial charge on any atom is 0.252 e. The van der Waals surface area contributed by atoms with Gasteiger partial charge in [-0.05, 0) is 55.7 Å². The lowest BCUT2D eigenvalue weighted by Crippen LogP contribution is -2.38. The van der Waals surface area contributed by atoms with Crippen LogP contribution in [0.5, 0.6) is 0 Å². The minimum absolute atomic E-state index is 0.226. The second-order valence-corrected chi connectivity index (χ2v) is 10.00. The van der Waals surface area contributed by atoms with E-state index in [0.717, 1.165) is 22.4 Å². The maximum absolute atomic E-state index is 13.2. The number of benzene rings is 1. The molecule has 0 spiro atoms. The fourth-order valence-corrected chi connectivity index (χ4v) is 4.97. The van der Waals surface area contributed by atoms with Crippen molar-refractivity contribution in [1.29, 1.82) is 0 Å². The van der Waals surface area contributed by atoms with E-state index in [-0.39, 0.29) is 5.82 Å². The third kappa shape index (κ3) is 6.02. The third-order valence-corrected chi connectivity index (χ3v) is 7.45. The number of aryl methyl sites for hydroxylation is 1. The fraction of sp³-hybridized carbons (Fsp3) is 0.421. The van der Waals surface area contributed by atoms with Crippen LogP contribution in [-0.2, 0) is 23.0 Å². The van der Waals surface area contributed by atoms with E-state index in [0.29, 0.717) is 29.8 Å². The quantitative estimate of drug-likeness (QED) is 0.503. The van der Waals surface area contributed by atoms with Crippen LogP contribution in [0.1, 0.15) is 22.9 Å². The topological polar surface area (TPSA) is 73.8 Å². The van der Waals surface area contributed by atoms with E-state index in [4.69, 9.17) is 0 Å². The summed E-state index contributed by atoms with van der Waals surface area (Å²) in [5, 5.41) is 6.43. The molecule has 1 aromatic carbocycles. The molecule has 2 N–H and O–H groups in total. The van der Waals surface area contributed by atoms with Gasteiger partial charge >= 0.3 is 0 Å². The molecule has 0 saturated heterocycles. The molecule has 9 heteroatoms. The predicted molar refractivity (Wildman–Crippen MR) is 113 cm³/mol. The smallest absolute Gasteiger partial charge is 0.252 e. The summed E-state index contributed by atoms with van der Waals surface area (Å²) in [6, 6.07) is 8.20. The summed E-state index contributed by atoms with van der Waals surface area (Å²) in [7, 11) is -0.378. The average molecular weight is 427 g/mol. The molecule has 0 aliphatic heterocycles. The molecule has 6 nitrogen and oxygen atoms in total. The largest absolute Gasteiger partial charge is 0.357 e. The lowest BCUT2D eigenvalue weighted by Gasteiger charge is -2.12. The molecule has 0 amide bonds. The lowest BCUT2D eigenvalue weighted by atomic mass is 10.1. The first kappa shape index (κ1) is 22.3. The standard InChI is InChI=1S/C19H27FN4O2S2/c1-5-21-19(22-11-10-15-6-7-16(20)12-14(15)2)23-13-17-8-9-18(27-17)28(25,26)24(3)4/h6-9,12H,5,10-11,13H2,1-4H3,(H2,21,22,23). The van der Waals surface area contributed by atoms with Crippen molar-refractivity contribution in [2.45, 2.75) is 31.0 Å². The number of guanidine groups is 1. The van der Waals surface area contributed by atoms with Crippen LogP contribution in [0.25, 0.3) is 0 Å². The molecule has 0 aliphatic carbocycles. The van der Waals surface area contributed by atoms with Crippen LogP contribution in [0.3, 0.4) is 0 Å². The zero-order chi connectivity index (χ0) is 20.7. The Morgan fingerprint density at radius 1 is 1.21 bits per heavy atom. The Labute approximate surface area is 170 Å². The summed E-state index contributed by atoms with van der Waals surface area (Å²) in [5.74, 6) is 0.434. The van der Waals surface area contributed by atoms with Gasteiger partial charge in [0.25, 0.3) is 10.0 Å². The number of rotatable bonds is 8. The van der Waals surface area contributed by atoms with Crippen molar-refractivity contribution in [3.8, 4) is 0 Å². The Bertz CT molecular complexity index is 924. The first-order chi connectivity index (χ1) is 13.2. The molecule has 28 heavy (non-hydrogen) atoms. The van der Waals surface area contributed by atoms with Crippen LogP contribution in [0.15, 0.2) is 39.5 Å². The van der Waals surface area contributed by atoms with Crippen molar-refractivity contribution in [2.24, 2.45) is 4.99 Å². The highest BCUT2D eigenvalue weighted by Gasteiger charge is 2.19. The van der Waals surface area contributed by atoms with Gasteiger partial charge in [0.1, 0.15) is 10.0 Å². The molecule has 1 aromatic heterocycles. The van der Waals surface area contributed by atoms with Crippen LogP contribution in [0, 0.1) is 12.7 Å². The van der Waals surface area contributed by atoms with E-state index in [1.165, 1.54) is 41.9 Å². The van der Waals surface area contributed by atoms with Crippen LogP contribution >= 0.6 is 11.3 Å². The first-order valence-corrected chi connectivity index (χ1v) is 11.3. The van der Waals surface area contributed by atoms with Crippen LogP contribution in [0.2, 0.25) is 0 Å². The van der Waals surface area contributed by atoms with Crippen LogP contribution < -0.4 is 10.6 Å². The molecule has 0 radical (unpaired) electrons. The van der Waals surface area contributed by atoms with Crippen LogP contribution in [0.4, 0.5) is 4.39 Å². The van der Waals surface area contributed by atoms with Gasteiger partial charge in [-0.1, -0.05) is 6.07 Å². The molecule has 0 unspecified atom stereocenters. The molecule has 0 bridgehead atoms. The van der Waals surface area contributed by atoms with E-state index in [2.05, 4.69) is 15.6 Å². The van der Waals surface area contributed by atoms with Gasteiger partial charge in [-0.3, -0.25) is 0 Å². The summed E-state index contributed by atoms with van der Waals surface area (Å²) in [6.45, 7) is 5.63. The number of aliphatic imine (C=N–C) groups is 1. The van der Waals surface area contributed by atoms with Gasteiger partial charge in [-0.25, -0.2) is 22.1 Å². The number of hydrogen-bond acceptors (Lipinski definition) is 4. The maximum atomic E-state index is 13.2. The molecular formula is C19H27FN4O2S2. The summed E-state index contributed by atoms with van der Waals surface area (Å²) in [4.78, 5) is 5.40. The molecule has 2 rings (SSSR count). The zero-order valence-electron chi connectivity index (χ0n) is 16.6. The monoisotopic (exact) mass is 426 g/mol. The number of nitrogens with one attached hydrogen (secondary N) is 2. The van der Waals surface area contributed by atoms with E-state index < -0.39 is 10.0 Å². The highest BCUT2D eigenvalue weighted by atomic mass is 32.2. The molecule has 0 saturated carbocycles. The number of hydrogen-bond donors (Lipinski definition) is 2. The fourth-order valence-electron chi connectivity index (χ4n) is 2.52. The number of nitrogens with zero attached hydrogens (tertiary/aromatic N) is 2. The molecule has 2 aromatic rings. The SMILES string of the molecule is CCNC(=NCc1ccc(S(=O)(=O)N(C)C)s1)NCCc1ccc(F)cc1C. The van der Waals surface area contributed by atoms with Crippen molar-refractivity contribution in [1.82, 2.24) is 14.9 Å². The van der Waals surface area contributed by atoms with Gasteiger partial charge in [0.15, 0.2) is 5.96 Å². The van der Waals surface area contributed by atoms with E-state index in [9.17, 15) is 12.8 Å². The highest BCUT2D eigenvalue weighted by Crippen LogP contribution is 2.24. The molecule has 0 aliphatic rings. The minimum Gasteiger partial charge on any atom is -0.357 e. The van der Waals surface area contributed by atoms with Gasteiger partial charge in [-0.2, -0.15) is 0 Å². The zero-order valence-corrected chi connectivity index (χ0v) is 18.3. The number of halogens is 1. The second-order valence-electron chi connectivity index (χ2n) is 6.45. The van der Waals surface area contributed by atoms with Crippen molar-refractivity contribution in [2.75, 3.05) is 27.2 Å². The number of sulfonamides is 1. The van der Waals surface area contributed by atoms with E-state index >= 15 is 0 Å². The van der Waals surface area contributed by atoms with Gasteiger partial charge in [0, 0.05) is 32.1 Å². The lowest BCUT2D eigenvalue weighted by molar-refractivity contribution is 0.523. The van der Waals surface area contributed by atoms with Gasteiger partial charge in [0.2, 0.25) is 0 Å². The van der Waals surface area contributed by atoms with Crippen molar-refractivity contribution in [3.63, 3.8) is 0 Å². The van der Waals surface area contributed by atoms with E-state index in [1.807, 2.05) is 13.8 Å². The minimum atomic E-state index is -3.41. The average Bonchev–Trinajstić information content (AvgIpc) is 3.11. The summed E-state index contributed by atoms with van der Waals surface area (Å²) >= 11 is 1.22. The normalized spacial score (nSPS) is 12.4. The van der Waals surface area contributed by atoms with Gasteiger partial charge in [-0.15, -0.1) is 11.3 Å². The van der Waals surface area contributed by atoms with Crippen molar-refractivity contribution in [3.05, 3.63) is 52.2 Å². The molecule has 154 valence electrons. The second kappa shape index (κ2) is 9.99. The van der Waals surface area contributed by atoms with Crippen molar-refractivity contribution >= 4 is 27.3 Å². The Morgan fingerprint density at radius 3 is 2.61 bits per heavy atom. The number of thiophene rings is 1. The predicted octanol–water partition coefficient (Wildman–Crippen LogP) is 2.74. The molecular weight excluding hydrogens is 399 g/mol. The van der Waals surface area contributed by atoms with E-state index in [1.54, 1.807) is 18.2 Å². The molecule has 1 heterocycles. The van der Waals surface area contributed by atoms with Crippen LogP contribution in [-0.4, -0.2) is 45.9 Å². The molecule has 0 atom stereocenters. The summed E-state index contributed by atoms with van der Waals surface area (Å²) in [6.07, 6.45) is 0.751. The third-order valence-electron chi connectivity index (χ3n) is 4.10. The molecule has 0 fully saturated rings. The Morgan fingerprint density at radius 2 is 1.96 bits per heavy atom. The Kier molecular flexibility index (Phi) is 7.97. The Balaban J connectivity index is 1.98. The van der Waals surface area contributed by atoms with Gasteiger partial charge < -0.3 is 10.6 Å². The highest BCUT2D eigenvalue weighted by molar-refractivity contribution is 7.91. The summed E-state index contributed by atoms with van der Waals surface area (Å²) < 4.78 is 39.0. The first-order valence-electron chi connectivity index (χ1n) is 9.02.